The average molecular weight is 549 g/mol. The third-order valence-corrected chi connectivity index (χ3v) is 7.99. The minimum absolute atomic E-state index is 0.0548. The zero-order valence-electron chi connectivity index (χ0n) is 24.2. The molecule has 0 unspecified atom stereocenters. The van der Waals surface area contributed by atoms with Crippen LogP contribution in [0, 0.1) is 0 Å². The van der Waals surface area contributed by atoms with Gasteiger partial charge in [-0.2, -0.15) is 0 Å². The maximum absolute atomic E-state index is 12.9. The molecule has 6 nitrogen and oxygen atoms in total. The predicted octanol–water partition coefficient (Wildman–Crippen LogP) is 8.13. The van der Waals surface area contributed by atoms with Crippen LogP contribution in [0.4, 0.5) is 5.13 Å². The molecule has 1 amide bonds. The predicted molar refractivity (Wildman–Crippen MR) is 162 cm³/mol. The molecule has 1 aliphatic carbocycles. The van der Waals surface area contributed by atoms with Gasteiger partial charge in [0.25, 0.3) is 5.91 Å². The molecule has 0 saturated heterocycles. The fraction of sp³-hybridized carbons (Fsp3) is 0.500. The number of hydrogen-bond donors (Lipinski definition) is 2. The fourth-order valence-corrected chi connectivity index (χ4v) is 5.46. The van der Waals surface area contributed by atoms with Gasteiger partial charge < -0.3 is 19.9 Å². The summed E-state index contributed by atoms with van der Waals surface area (Å²) in [6.07, 6.45) is 12.0. The van der Waals surface area contributed by atoms with Crippen molar-refractivity contribution in [1.82, 2.24) is 14.9 Å². The molecule has 2 N–H and O–H groups in total. The lowest BCUT2D eigenvalue weighted by atomic mass is 9.90. The van der Waals surface area contributed by atoms with Gasteiger partial charge in [0.05, 0.1) is 30.5 Å². The Bertz CT molecular complexity index is 1250. The number of anilines is 1. The second-order valence-electron chi connectivity index (χ2n) is 11.5. The molecule has 0 aliphatic heterocycles. The van der Waals surface area contributed by atoms with Gasteiger partial charge in [0.1, 0.15) is 0 Å². The average Bonchev–Trinajstić information content (AvgIpc) is 3.55. The normalized spacial score (nSPS) is 13.4. The number of amides is 1. The highest BCUT2D eigenvalue weighted by Gasteiger charge is 2.19. The number of ether oxygens (including phenoxy) is 1. The molecule has 3 aromatic rings. The summed E-state index contributed by atoms with van der Waals surface area (Å²) < 4.78 is 8.29. The van der Waals surface area contributed by atoms with Crippen LogP contribution in [0.3, 0.4) is 0 Å². The van der Waals surface area contributed by atoms with Crippen LogP contribution < -0.4 is 10.6 Å². The van der Waals surface area contributed by atoms with Crippen LogP contribution >= 0.6 is 11.3 Å². The van der Waals surface area contributed by atoms with Crippen molar-refractivity contribution in [3.05, 3.63) is 70.5 Å². The van der Waals surface area contributed by atoms with E-state index in [2.05, 4.69) is 79.5 Å². The molecule has 1 fully saturated rings. The lowest BCUT2D eigenvalue weighted by Crippen LogP contribution is -2.29. The number of thiazole rings is 1. The summed E-state index contributed by atoms with van der Waals surface area (Å²) >= 11 is 1.60. The van der Waals surface area contributed by atoms with Crippen molar-refractivity contribution >= 4 is 22.4 Å². The molecule has 0 bridgehead atoms. The van der Waals surface area contributed by atoms with E-state index in [1.54, 1.807) is 11.3 Å². The summed E-state index contributed by atoms with van der Waals surface area (Å²) in [5.74, 6) is -0.0591. The van der Waals surface area contributed by atoms with Crippen molar-refractivity contribution in [3.63, 3.8) is 0 Å². The number of carbonyl (C=O) groups excluding carboxylic acids is 1. The Morgan fingerprint density at radius 2 is 1.92 bits per heavy atom. The van der Waals surface area contributed by atoms with Gasteiger partial charge in [0, 0.05) is 34.6 Å². The van der Waals surface area contributed by atoms with Gasteiger partial charge in [0.15, 0.2) is 5.13 Å². The fourth-order valence-electron chi connectivity index (χ4n) is 4.71. The van der Waals surface area contributed by atoms with E-state index >= 15 is 0 Å². The maximum atomic E-state index is 12.9. The second-order valence-corrected chi connectivity index (χ2v) is 12.3. The maximum Gasteiger partial charge on any atom is 0.253 e. The summed E-state index contributed by atoms with van der Waals surface area (Å²) in [7, 11) is 0. The van der Waals surface area contributed by atoms with Gasteiger partial charge in [-0.05, 0) is 76.1 Å². The largest absolute Gasteiger partial charge is 0.374 e. The molecule has 0 atom stereocenters. The molecular formula is C32H44N4O2S. The van der Waals surface area contributed by atoms with E-state index in [1.165, 1.54) is 17.6 Å². The molecule has 0 spiro atoms. The summed E-state index contributed by atoms with van der Waals surface area (Å²) in [5.41, 5.74) is 6.27. The first-order valence-corrected chi connectivity index (χ1v) is 15.3. The summed E-state index contributed by atoms with van der Waals surface area (Å²) in [6.45, 7) is 11.9. The van der Waals surface area contributed by atoms with E-state index in [1.807, 2.05) is 18.5 Å². The SMILES string of the molecule is CCCC(CCC)OCc1cccc(-c2csc(NC(CNC(=O)c3ccn(C(C)(C)C)c3)=C3CCC3)n2)c1. The molecule has 39 heavy (non-hydrogen) atoms. The zero-order valence-corrected chi connectivity index (χ0v) is 25.0. The van der Waals surface area contributed by atoms with Gasteiger partial charge in [-0.25, -0.2) is 4.98 Å². The van der Waals surface area contributed by atoms with Crippen molar-refractivity contribution in [3.8, 4) is 11.3 Å². The molecule has 7 heteroatoms. The highest BCUT2D eigenvalue weighted by atomic mass is 32.1. The standard InChI is InChI=1S/C32H44N4O2S/c1-6-10-27(11-7-2)38-21-23-12-8-15-25(18-23)29-22-39-31(35-29)34-28(24-13-9-14-24)19-33-30(37)26-16-17-36(20-26)32(3,4)5/h8,12,15-18,20,22,27H,6-7,9-11,13-14,19,21H2,1-5H3,(H,33,37)(H,34,35). The van der Waals surface area contributed by atoms with Crippen molar-refractivity contribution in [1.29, 1.82) is 0 Å². The van der Waals surface area contributed by atoms with E-state index < -0.39 is 0 Å². The van der Waals surface area contributed by atoms with E-state index in [9.17, 15) is 4.79 Å². The number of hydrogen-bond acceptors (Lipinski definition) is 5. The summed E-state index contributed by atoms with van der Waals surface area (Å²) in [5, 5.41) is 9.58. The van der Waals surface area contributed by atoms with Crippen LogP contribution in [0.15, 0.2) is 59.4 Å². The summed E-state index contributed by atoms with van der Waals surface area (Å²) in [4.78, 5) is 17.8. The Morgan fingerprint density at radius 3 is 2.56 bits per heavy atom. The van der Waals surface area contributed by atoms with Crippen molar-refractivity contribution < 1.29 is 9.53 Å². The smallest absolute Gasteiger partial charge is 0.253 e. The topological polar surface area (TPSA) is 68.2 Å². The van der Waals surface area contributed by atoms with Gasteiger partial charge >= 0.3 is 0 Å². The molecule has 1 saturated carbocycles. The van der Waals surface area contributed by atoms with Crippen LogP contribution in [0.5, 0.6) is 0 Å². The van der Waals surface area contributed by atoms with Crippen molar-refractivity contribution in [2.45, 2.75) is 97.8 Å². The molecule has 2 heterocycles. The molecule has 210 valence electrons. The molecule has 1 aromatic carbocycles. The monoisotopic (exact) mass is 548 g/mol. The first-order valence-electron chi connectivity index (χ1n) is 14.4. The van der Waals surface area contributed by atoms with Crippen LogP contribution in [0.2, 0.25) is 0 Å². The molecule has 0 radical (unpaired) electrons. The zero-order chi connectivity index (χ0) is 27.8. The number of rotatable bonds is 13. The molecule has 4 rings (SSSR count). The van der Waals surface area contributed by atoms with Gasteiger partial charge in [-0.3, -0.25) is 4.79 Å². The Kier molecular flexibility index (Phi) is 10.0. The lowest BCUT2D eigenvalue weighted by molar-refractivity contribution is 0.0286. The number of nitrogens with one attached hydrogen (secondary N) is 2. The first-order chi connectivity index (χ1) is 18.8. The van der Waals surface area contributed by atoms with Crippen molar-refractivity contribution in [2.75, 3.05) is 11.9 Å². The number of allylic oxidation sites excluding steroid dienone is 1. The van der Waals surface area contributed by atoms with E-state index in [4.69, 9.17) is 9.72 Å². The Balaban J connectivity index is 1.38. The Labute approximate surface area is 237 Å². The first kappa shape index (κ1) is 29.1. The summed E-state index contributed by atoms with van der Waals surface area (Å²) in [6, 6.07) is 10.4. The molecular weight excluding hydrogens is 504 g/mol. The Hall–Kier alpha value is -2.90. The van der Waals surface area contributed by atoms with Crippen LogP contribution in [-0.4, -0.2) is 28.1 Å². The van der Waals surface area contributed by atoms with Gasteiger partial charge in [-0.1, -0.05) is 44.9 Å². The number of carbonyl (C=O) groups is 1. The third kappa shape index (κ3) is 8.05. The van der Waals surface area contributed by atoms with Gasteiger partial charge in [-0.15, -0.1) is 11.3 Å². The Morgan fingerprint density at radius 1 is 1.15 bits per heavy atom. The van der Waals surface area contributed by atoms with Crippen LogP contribution in [0.1, 0.15) is 95.5 Å². The minimum atomic E-state index is -0.0591. The van der Waals surface area contributed by atoms with Gasteiger partial charge in [0.2, 0.25) is 0 Å². The minimum Gasteiger partial charge on any atom is -0.374 e. The van der Waals surface area contributed by atoms with Crippen LogP contribution in [-0.2, 0) is 16.9 Å². The second kappa shape index (κ2) is 13.4. The van der Waals surface area contributed by atoms with Crippen molar-refractivity contribution in [2.24, 2.45) is 0 Å². The van der Waals surface area contributed by atoms with E-state index in [-0.39, 0.29) is 11.4 Å². The van der Waals surface area contributed by atoms with Crippen LogP contribution in [0.25, 0.3) is 11.3 Å². The third-order valence-electron chi connectivity index (χ3n) is 7.23. The molecule has 1 aliphatic rings. The highest BCUT2D eigenvalue weighted by Crippen LogP contribution is 2.31. The van der Waals surface area contributed by atoms with E-state index in [0.717, 1.165) is 60.6 Å². The number of nitrogens with zero attached hydrogens (tertiary/aromatic N) is 2. The lowest BCUT2D eigenvalue weighted by Gasteiger charge is -2.23. The highest BCUT2D eigenvalue weighted by molar-refractivity contribution is 7.14. The number of aromatic nitrogens is 2. The quantitative estimate of drug-likeness (QED) is 0.226. The number of benzene rings is 1. The molecule has 2 aromatic heterocycles. The van der Waals surface area contributed by atoms with E-state index in [0.29, 0.717) is 24.8 Å².